The SMILES string of the molecule is O=c1cc([C@@H]2CCN[C@H](Cn3cc4ccccc4c3)C2)o[nH]1. The summed E-state index contributed by atoms with van der Waals surface area (Å²) >= 11 is 0. The first-order chi connectivity index (χ1) is 10.8. The molecule has 3 aromatic rings. The van der Waals surface area contributed by atoms with Crippen LogP contribution in [0.15, 0.2) is 52.0 Å². The Bertz CT molecular complexity index is 796. The Kier molecular flexibility index (Phi) is 3.35. The fraction of sp³-hybridized carbons (Fsp3) is 0.353. The lowest BCUT2D eigenvalue weighted by atomic mass is 9.90. The minimum absolute atomic E-state index is 0.151. The molecule has 3 heterocycles. The molecule has 1 fully saturated rings. The predicted octanol–water partition coefficient (Wildman–Crippen LogP) is 2.46. The molecule has 0 saturated carbocycles. The summed E-state index contributed by atoms with van der Waals surface area (Å²) in [6.45, 7) is 1.88. The number of nitrogens with zero attached hydrogens (tertiary/aromatic N) is 1. The van der Waals surface area contributed by atoms with Crippen LogP contribution in [0.3, 0.4) is 0 Å². The summed E-state index contributed by atoms with van der Waals surface area (Å²) in [7, 11) is 0. The van der Waals surface area contributed by atoms with Crippen LogP contribution in [-0.2, 0) is 6.54 Å². The lowest BCUT2D eigenvalue weighted by Crippen LogP contribution is -2.39. The first-order valence-corrected chi connectivity index (χ1v) is 7.74. The van der Waals surface area contributed by atoms with Gasteiger partial charge in [0.1, 0.15) is 5.76 Å². The summed E-state index contributed by atoms with van der Waals surface area (Å²) in [5, 5.41) is 8.50. The maximum absolute atomic E-state index is 11.2. The molecule has 4 rings (SSSR count). The van der Waals surface area contributed by atoms with Gasteiger partial charge in [0.25, 0.3) is 5.56 Å². The maximum atomic E-state index is 11.2. The van der Waals surface area contributed by atoms with Crippen LogP contribution >= 0.6 is 0 Å². The quantitative estimate of drug-likeness (QED) is 0.780. The highest BCUT2D eigenvalue weighted by atomic mass is 16.5. The number of nitrogens with one attached hydrogen (secondary N) is 2. The van der Waals surface area contributed by atoms with Crippen LogP contribution in [0.4, 0.5) is 0 Å². The molecular weight excluding hydrogens is 278 g/mol. The number of benzene rings is 1. The number of H-pyrrole nitrogens is 1. The van der Waals surface area contributed by atoms with Crippen molar-refractivity contribution in [3.8, 4) is 0 Å². The number of aromatic amines is 1. The van der Waals surface area contributed by atoms with E-state index in [1.807, 2.05) is 0 Å². The highest BCUT2D eigenvalue weighted by molar-refractivity contribution is 5.82. The summed E-state index contributed by atoms with van der Waals surface area (Å²) in [5.74, 6) is 1.10. The Hall–Kier alpha value is -2.27. The summed E-state index contributed by atoms with van der Waals surface area (Å²) in [6.07, 6.45) is 6.37. The Balaban J connectivity index is 1.49. The standard InChI is InChI=1S/C17H19N3O2/c21-17-8-16(22-19-17)12-5-6-18-15(7-12)11-20-9-13-3-1-2-4-14(13)10-20/h1-4,8-10,12,15,18H,5-7,11H2,(H,19,21)/t12-,15+/m1/s1. The van der Waals surface area contributed by atoms with Crippen molar-refractivity contribution >= 4 is 10.8 Å². The van der Waals surface area contributed by atoms with Crippen LogP contribution in [0.2, 0.25) is 0 Å². The van der Waals surface area contributed by atoms with Gasteiger partial charge in [0, 0.05) is 37.0 Å². The van der Waals surface area contributed by atoms with E-state index in [9.17, 15) is 4.79 Å². The Morgan fingerprint density at radius 1 is 1.23 bits per heavy atom. The van der Waals surface area contributed by atoms with Crippen LogP contribution in [0.25, 0.3) is 10.8 Å². The van der Waals surface area contributed by atoms with E-state index in [0.717, 1.165) is 31.7 Å². The zero-order valence-electron chi connectivity index (χ0n) is 12.3. The van der Waals surface area contributed by atoms with Crippen molar-refractivity contribution in [3.05, 3.63) is 58.8 Å². The summed E-state index contributed by atoms with van der Waals surface area (Å²) in [6, 6.07) is 10.4. The van der Waals surface area contributed by atoms with Crippen molar-refractivity contribution in [2.24, 2.45) is 0 Å². The first kappa shape index (κ1) is 13.4. The van der Waals surface area contributed by atoms with E-state index >= 15 is 0 Å². The average Bonchev–Trinajstić information content (AvgIpc) is 3.13. The van der Waals surface area contributed by atoms with Crippen molar-refractivity contribution < 1.29 is 4.52 Å². The lowest BCUT2D eigenvalue weighted by molar-refractivity contribution is 0.280. The van der Waals surface area contributed by atoms with E-state index in [2.05, 4.69) is 51.7 Å². The molecule has 5 heteroatoms. The smallest absolute Gasteiger partial charge is 0.280 e. The highest BCUT2D eigenvalue weighted by Crippen LogP contribution is 2.27. The number of fused-ring (bicyclic) bond motifs is 1. The second kappa shape index (κ2) is 5.50. The molecule has 2 N–H and O–H groups in total. The van der Waals surface area contributed by atoms with Crippen LogP contribution in [-0.4, -0.2) is 22.3 Å². The molecule has 0 aliphatic carbocycles. The van der Waals surface area contributed by atoms with Gasteiger partial charge >= 0.3 is 0 Å². The highest BCUT2D eigenvalue weighted by Gasteiger charge is 2.25. The van der Waals surface area contributed by atoms with Crippen molar-refractivity contribution in [1.82, 2.24) is 15.0 Å². The fourth-order valence-electron chi connectivity index (χ4n) is 3.40. The molecule has 114 valence electrons. The van der Waals surface area contributed by atoms with Crippen LogP contribution in [0.1, 0.15) is 24.5 Å². The van der Waals surface area contributed by atoms with Gasteiger partial charge in [0.05, 0.1) is 0 Å². The summed E-state index contributed by atoms with van der Waals surface area (Å²) in [4.78, 5) is 11.2. The third-order valence-corrected chi connectivity index (χ3v) is 4.48. The van der Waals surface area contributed by atoms with Gasteiger partial charge in [-0.3, -0.25) is 4.79 Å². The molecule has 2 aromatic heterocycles. The number of rotatable bonds is 3. The van der Waals surface area contributed by atoms with Crippen LogP contribution < -0.4 is 10.9 Å². The van der Waals surface area contributed by atoms with E-state index in [4.69, 9.17) is 4.52 Å². The second-order valence-electron chi connectivity index (χ2n) is 6.07. The van der Waals surface area contributed by atoms with Gasteiger partial charge in [-0.05, 0) is 30.2 Å². The topological polar surface area (TPSA) is 63.0 Å². The van der Waals surface area contributed by atoms with Crippen molar-refractivity contribution in [1.29, 1.82) is 0 Å². The zero-order chi connectivity index (χ0) is 14.9. The Labute approximate surface area is 127 Å². The second-order valence-corrected chi connectivity index (χ2v) is 6.07. The van der Waals surface area contributed by atoms with Gasteiger partial charge in [0.2, 0.25) is 0 Å². The minimum Gasteiger partial charge on any atom is -0.383 e. The van der Waals surface area contributed by atoms with Gasteiger partial charge in [-0.25, -0.2) is 0 Å². The van der Waals surface area contributed by atoms with Crippen molar-refractivity contribution in [2.75, 3.05) is 6.54 Å². The number of hydrogen-bond acceptors (Lipinski definition) is 3. The maximum Gasteiger partial charge on any atom is 0.280 e. The van der Waals surface area contributed by atoms with Crippen LogP contribution in [0, 0.1) is 0 Å². The number of aromatic nitrogens is 2. The summed E-state index contributed by atoms with van der Waals surface area (Å²) < 4.78 is 7.53. The lowest BCUT2D eigenvalue weighted by Gasteiger charge is -2.29. The Morgan fingerprint density at radius 2 is 2.00 bits per heavy atom. The van der Waals surface area contributed by atoms with E-state index in [1.165, 1.54) is 10.8 Å². The van der Waals surface area contributed by atoms with Gasteiger partial charge < -0.3 is 14.4 Å². The minimum atomic E-state index is -0.151. The Morgan fingerprint density at radius 3 is 2.68 bits per heavy atom. The first-order valence-electron chi connectivity index (χ1n) is 7.74. The van der Waals surface area contributed by atoms with E-state index in [1.54, 1.807) is 6.07 Å². The molecule has 1 saturated heterocycles. The van der Waals surface area contributed by atoms with Gasteiger partial charge in [-0.2, -0.15) is 5.16 Å². The van der Waals surface area contributed by atoms with Crippen LogP contribution in [0.5, 0.6) is 0 Å². The number of hydrogen-bond donors (Lipinski definition) is 2. The molecule has 0 bridgehead atoms. The third-order valence-electron chi connectivity index (χ3n) is 4.48. The zero-order valence-corrected chi connectivity index (χ0v) is 12.3. The molecule has 1 aromatic carbocycles. The van der Waals surface area contributed by atoms with E-state index in [-0.39, 0.29) is 5.56 Å². The third kappa shape index (κ3) is 2.60. The van der Waals surface area contributed by atoms with E-state index < -0.39 is 0 Å². The fourth-order valence-corrected chi connectivity index (χ4v) is 3.40. The van der Waals surface area contributed by atoms with E-state index in [0.29, 0.717) is 12.0 Å². The molecule has 0 amide bonds. The monoisotopic (exact) mass is 297 g/mol. The average molecular weight is 297 g/mol. The largest absolute Gasteiger partial charge is 0.383 e. The molecule has 0 spiro atoms. The van der Waals surface area contributed by atoms with Gasteiger partial charge in [0.15, 0.2) is 0 Å². The normalized spacial score (nSPS) is 22.2. The molecule has 22 heavy (non-hydrogen) atoms. The van der Waals surface area contributed by atoms with Gasteiger partial charge in [-0.15, -0.1) is 0 Å². The molecule has 0 unspecified atom stereocenters. The number of piperidine rings is 1. The van der Waals surface area contributed by atoms with Crippen molar-refractivity contribution in [2.45, 2.75) is 31.3 Å². The summed E-state index contributed by atoms with van der Waals surface area (Å²) in [5.41, 5.74) is -0.151. The molecule has 1 aliphatic heterocycles. The van der Waals surface area contributed by atoms with Crippen molar-refractivity contribution in [3.63, 3.8) is 0 Å². The molecular formula is C17H19N3O2. The predicted molar refractivity (Wildman–Crippen MR) is 85.0 cm³/mol. The van der Waals surface area contributed by atoms with Gasteiger partial charge in [-0.1, -0.05) is 24.3 Å². The molecule has 1 aliphatic rings. The molecule has 5 nitrogen and oxygen atoms in total. The molecule has 2 atom stereocenters. The molecule has 0 radical (unpaired) electrons.